The second kappa shape index (κ2) is 9.17. The van der Waals surface area contributed by atoms with Gasteiger partial charge in [0.25, 0.3) is 5.91 Å². The maximum Gasteiger partial charge on any atom is 0.325 e. The molecule has 0 spiro atoms. The minimum Gasteiger partial charge on any atom is -0.492 e. The van der Waals surface area contributed by atoms with Crippen LogP contribution < -0.4 is 15.5 Å². The van der Waals surface area contributed by atoms with Crippen molar-refractivity contribution >= 4 is 40.0 Å². The summed E-state index contributed by atoms with van der Waals surface area (Å²) in [5, 5.41) is 6.63. The molecule has 2 unspecified atom stereocenters. The summed E-state index contributed by atoms with van der Waals surface area (Å²) in [5.41, 5.74) is 3.81. The average molecular weight is 485 g/mol. The van der Waals surface area contributed by atoms with Gasteiger partial charge in [-0.3, -0.25) is 10.1 Å². The summed E-state index contributed by atoms with van der Waals surface area (Å²) in [6.45, 7) is 0.709. The van der Waals surface area contributed by atoms with E-state index in [0.29, 0.717) is 19.1 Å². The van der Waals surface area contributed by atoms with Crippen LogP contribution >= 0.6 is 15.9 Å². The van der Waals surface area contributed by atoms with Crippen molar-refractivity contribution in [1.82, 2.24) is 20.5 Å². The van der Waals surface area contributed by atoms with Gasteiger partial charge in [0.2, 0.25) is 5.96 Å². The third-order valence-corrected chi connectivity index (χ3v) is 5.48. The summed E-state index contributed by atoms with van der Waals surface area (Å²) < 4.78 is 6.76. The lowest BCUT2D eigenvalue weighted by Crippen LogP contribution is -2.64. The van der Waals surface area contributed by atoms with Crippen LogP contribution in [0.15, 0.2) is 69.2 Å². The van der Waals surface area contributed by atoms with Gasteiger partial charge in [-0.15, -0.1) is 0 Å². The van der Waals surface area contributed by atoms with Crippen LogP contribution in [0.1, 0.15) is 5.56 Å². The zero-order valence-electron chi connectivity index (χ0n) is 16.7. The van der Waals surface area contributed by atoms with Crippen LogP contribution in [0.5, 0.6) is 5.75 Å². The van der Waals surface area contributed by atoms with Gasteiger partial charge in [0.05, 0.1) is 12.8 Å². The third-order valence-electron chi connectivity index (χ3n) is 4.95. The Kier molecular flexibility index (Phi) is 6.17. The molecule has 2 aromatic rings. The van der Waals surface area contributed by atoms with Gasteiger partial charge in [0, 0.05) is 11.5 Å². The van der Waals surface area contributed by atoms with Gasteiger partial charge >= 0.3 is 6.03 Å². The minimum absolute atomic E-state index is 0.329. The number of para-hydroxylation sites is 1. The Labute approximate surface area is 187 Å². The first kappa shape index (κ1) is 20.9. The highest BCUT2D eigenvalue weighted by molar-refractivity contribution is 9.10. The van der Waals surface area contributed by atoms with Crippen molar-refractivity contribution in [3.05, 3.63) is 64.6 Å². The number of hydrogen-bond acceptors (Lipinski definition) is 7. The molecule has 1 fully saturated rings. The molecule has 2 heterocycles. The van der Waals surface area contributed by atoms with E-state index in [1.807, 2.05) is 54.6 Å². The number of aliphatic imine (C=N–C) groups is 1. The van der Waals surface area contributed by atoms with Gasteiger partial charge in [-0.1, -0.05) is 46.3 Å². The number of halogens is 1. The molecule has 9 nitrogen and oxygen atoms in total. The number of guanidine groups is 1. The summed E-state index contributed by atoms with van der Waals surface area (Å²) in [7, 11) is 1.61. The number of nitrogens with zero attached hydrogens (tertiary/aromatic N) is 4. The molecule has 2 aliphatic heterocycles. The Hall–Kier alpha value is -3.40. The Morgan fingerprint density at radius 3 is 2.68 bits per heavy atom. The summed E-state index contributed by atoms with van der Waals surface area (Å²) in [5.74, 6) is 0.736. The standard InChI is InChI=1S/C21H21BrN6O3/c1-27-18-17(19(29)25-21(27)30)28(11-12-31-16-5-3-2-4-6-16)20(24-18)26-23-13-14-7-9-15(22)10-8-14/h2-10,13,17-18H,11-12H2,1H3,(H,24,26)(H,25,29,30)/b23-13+. The SMILES string of the molecule is CN1C(=O)NC(=O)C2C1N=C(N/N=C/c1ccc(Br)cc1)N2CCOc1ccccc1. The fraction of sp³-hybridized carbons (Fsp3) is 0.238. The number of amides is 3. The summed E-state index contributed by atoms with van der Waals surface area (Å²) in [6, 6.07) is 15.9. The summed E-state index contributed by atoms with van der Waals surface area (Å²) in [4.78, 5) is 32.3. The van der Waals surface area contributed by atoms with Crippen molar-refractivity contribution in [1.29, 1.82) is 0 Å². The van der Waals surface area contributed by atoms with Crippen molar-refractivity contribution in [3.63, 3.8) is 0 Å². The Morgan fingerprint density at radius 1 is 1.19 bits per heavy atom. The van der Waals surface area contributed by atoms with Crippen molar-refractivity contribution in [2.45, 2.75) is 12.2 Å². The second-order valence-electron chi connectivity index (χ2n) is 6.99. The normalized spacial score (nSPS) is 20.5. The number of rotatable bonds is 6. The molecule has 1 saturated heterocycles. The van der Waals surface area contributed by atoms with E-state index in [2.05, 4.69) is 36.8 Å². The van der Waals surface area contributed by atoms with E-state index in [1.165, 1.54) is 4.90 Å². The van der Waals surface area contributed by atoms with Crippen LogP contribution in [-0.2, 0) is 4.79 Å². The molecule has 31 heavy (non-hydrogen) atoms. The lowest BCUT2D eigenvalue weighted by molar-refractivity contribution is -0.127. The fourth-order valence-corrected chi connectivity index (χ4v) is 3.62. The van der Waals surface area contributed by atoms with Crippen molar-refractivity contribution in [2.24, 2.45) is 10.1 Å². The molecular weight excluding hydrogens is 464 g/mol. The Morgan fingerprint density at radius 2 is 1.94 bits per heavy atom. The number of ether oxygens (including phenoxy) is 1. The van der Waals surface area contributed by atoms with Gasteiger partial charge < -0.3 is 14.5 Å². The molecule has 2 aromatic carbocycles. The number of carbonyl (C=O) groups is 2. The number of nitrogens with one attached hydrogen (secondary N) is 2. The minimum atomic E-state index is -0.660. The smallest absolute Gasteiger partial charge is 0.325 e. The quantitative estimate of drug-likeness (QED) is 0.482. The van der Waals surface area contributed by atoms with Crippen molar-refractivity contribution < 1.29 is 14.3 Å². The van der Waals surface area contributed by atoms with Crippen LogP contribution in [0.3, 0.4) is 0 Å². The van der Waals surface area contributed by atoms with Crippen LogP contribution in [0.2, 0.25) is 0 Å². The summed E-state index contributed by atoms with van der Waals surface area (Å²) >= 11 is 3.40. The third kappa shape index (κ3) is 4.69. The van der Waals surface area contributed by atoms with E-state index in [0.717, 1.165) is 15.8 Å². The number of hydrazone groups is 1. The van der Waals surface area contributed by atoms with Gasteiger partial charge in [0.1, 0.15) is 12.4 Å². The zero-order valence-corrected chi connectivity index (χ0v) is 18.3. The highest BCUT2D eigenvalue weighted by Gasteiger charge is 2.48. The first-order valence-electron chi connectivity index (χ1n) is 9.67. The highest BCUT2D eigenvalue weighted by Crippen LogP contribution is 2.23. The molecule has 4 rings (SSSR count). The molecule has 2 aliphatic rings. The number of imide groups is 1. The Balaban J connectivity index is 1.48. The van der Waals surface area contributed by atoms with E-state index in [1.54, 1.807) is 18.2 Å². The van der Waals surface area contributed by atoms with E-state index < -0.39 is 24.1 Å². The molecule has 160 valence electrons. The lowest BCUT2D eigenvalue weighted by Gasteiger charge is -2.35. The molecule has 0 aliphatic carbocycles. The molecule has 0 saturated carbocycles. The maximum atomic E-state index is 12.6. The first-order valence-corrected chi connectivity index (χ1v) is 10.5. The van der Waals surface area contributed by atoms with Crippen LogP contribution in [-0.4, -0.2) is 66.3 Å². The molecule has 2 N–H and O–H groups in total. The predicted molar refractivity (Wildman–Crippen MR) is 120 cm³/mol. The number of fused-ring (bicyclic) bond motifs is 1. The molecule has 0 aromatic heterocycles. The molecular formula is C21H21BrN6O3. The topological polar surface area (TPSA) is 98.6 Å². The van der Waals surface area contributed by atoms with Crippen LogP contribution in [0.4, 0.5) is 4.79 Å². The second-order valence-corrected chi connectivity index (χ2v) is 7.91. The zero-order chi connectivity index (χ0) is 21.8. The molecule has 2 atom stereocenters. The summed E-state index contributed by atoms with van der Waals surface area (Å²) in [6.07, 6.45) is 1.02. The molecule has 3 amide bonds. The lowest BCUT2D eigenvalue weighted by atomic mass is 10.1. The first-order chi connectivity index (χ1) is 15.0. The molecule has 0 bridgehead atoms. The van der Waals surface area contributed by atoms with E-state index in [9.17, 15) is 9.59 Å². The largest absolute Gasteiger partial charge is 0.492 e. The van der Waals surface area contributed by atoms with E-state index in [4.69, 9.17) is 4.74 Å². The maximum absolute atomic E-state index is 12.6. The Bertz CT molecular complexity index is 1010. The number of likely N-dealkylation sites (N-methyl/N-ethyl adjacent to an activating group) is 1. The average Bonchev–Trinajstić information content (AvgIpc) is 3.13. The van der Waals surface area contributed by atoms with E-state index in [-0.39, 0.29) is 0 Å². The number of hydrogen-bond donors (Lipinski definition) is 2. The van der Waals surface area contributed by atoms with Crippen molar-refractivity contribution in [2.75, 3.05) is 20.2 Å². The fourth-order valence-electron chi connectivity index (χ4n) is 3.36. The predicted octanol–water partition coefficient (Wildman–Crippen LogP) is 2.00. The van der Waals surface area contributed by atoms with Gasteiger partial charge in [0.15, 0.2) is 12.2 Å². The molecule has 0 radical (unpaired) electrons. The van der Waals surface area contributed by atoms with Crippen molar-refractivity contribution in [3.8, 4) is 5.75 Å². The van der Waals surface area contributed by atoms with Gasteiger partial charge in [-0.2, -0.15) is 5.10 Å². The number of carbonyl (C=O) groups excluding carboxylic acids is 2. The van der Waals surface area contributed by atoms with Crippen LogP contribution in [0, 0.1) is 0 Å². The number of urea groups is 1. The van der Waals surface area contributed by atoms with Gasteiger partial charge in [-0.25, -0.2) is 15.2 Å². The number of benzene rings is 2. The molecule has 10 heteroatoms. The van der Waals surface area contributed by atoms with Gasteiger partial charge in [-0.05, 0) is 29.8 Å². The highest BCUT2D eigenvalue weighted by atomic mass is 79.9. The van der Waals surface area contributed by atoms with Crippen LogP contribution in [0.25, 0.3) is 0 Å². The van der Waals surface area contributed by atoms with E-state index >= 15 is 0 Å². The monoisotopic (exact) mass is 484 g/mol.